The van der Waals surface area contributed by atoms with Crippen LogP contribution in [0, 0.1) is 0 Å². The highest BCUT2D eigenvalue weighted by Gasteiger charge is 2.21. The van der Waals surface area contributed by atoms with E-state index in [1.807, 2.05) is 54.6 Å². The smallest absolute Gasteiger partial charge is 0.244 e. The second kappa shape index (κ2) is 6.90. The van der Waals surface area contributed by atoms with Crippen LogP contribution >= 0.6 is 0 Å². The molecule has 0 radical (unpaired) electrons. The van der Waals surface area contributed by atoms with E-state index in [0.29, 0.717) is 17.9 Å². The number of amides is 1. The van der Waals surface area contributed by atoms with Gasteiger partial charge in [0.25, 0.3) is 0 Å². The molecule has 110 valence electrons. The third-order valence-corrected chi connectivity index (χ3v) is 3.39. The minimum atomic E-state index is -0.581. The Labute approximate surface area is 125 Å². The number of carbonyl (C=O) groups is 1. The van der Waals surface area contributed by atoms with Crippen LogP contribution in [0.25, 0.3) is 0 Å². The molecule has 2 rings (SSSR count). The largest absolute Gasteiger partial charge is 0.495 e. The summed E-state index contributed by atoms with van der Waals surface area (Å²) in [5.41, 5.74) is 7.81. The highest BCUT2D eigenvalue weighted by molar-refractivity contribution is 5.97. The molecular formula is C17H20N2O2. The van der Waals surface area contributed by atoms with Gasteiger partial charge in [0.1, 0.15) is 5.75 Å². The predicted molar refractivity (Wildman–Crippen MR) is 84.5 cm³/mol. The number of carbonyl (C=O) groups excluding carboxylic acids is 1. The van der Waals surface area contributed by atoms with Crippen molar-refractivity contribution in [1.82, 2.24) is 0 Å². The predicted octanol–water partition coefficient (Wildman–Crippen LogP) is 2.23. The van der Waals surface area contributed by atoms with Crippen molar-refractivity contribution in [2.45, 2.75) is 12.5 Å². The molecule has 0 fully saturated rings. The van der Waals surface area contributed by atoms with Gasteiger partial charge in [-0.05, 0) is 24.1 Å². The van der Waals surface area contributed by atoms with E-state index in [9.17, 15) is 4.79 Å². The summed E-state index contributed by atoms with van der Waals surface area (Å²) in [7, 11) is 3.30. The standard InChI is InChI=1S/C17H20N2O2/c1-19(15-10-6-7-11-16(15)21-2)17(20)14(18)12-13-8-4-3-5-9-13/h3-11,14H,12,18H2,1-2H3/t14-/m0/s1. The Hall–Kier alpha value is -2.33. The van der Waals surface area contributed by atoms with Gasteiger partial charge in [0, 0.05) is 7.05 Å². The van der Waals surface area contributed by atoms with Gasteiger partial charge in [0.15, 0.2) is 0 Å². The molecule has 4 heteroatoms. The molecule has 4 nitrogen and oxygen atoms in total. The SMILES string of the molecule is COc1ccccc1N(C)C(=O)[C@@H](N)Cc1ccccc1. The number of para-hydroxylation sites is 2. The summed E-state index contributed by atoms with van der Waals surface area (Å²) in [6.45, 7) is 0. The molecule has 1 amide bonds. The summed E-state index contributed by atoms with van der Waals surface area (Å²) in [6.07, 6.45) is 0.513. The van der Waals surface area contributed by atoms with Crippen molar-refractivity contribution < 1.29 is 9.53 Å². The first-order valence-electron chi connectivity index (χ1n) is 6.83. The van der Waals surface area contributed by atoms with Gasteiger partial charge in [0.05, 0.1) is 18.8 Å². The van der Waals surface area contributed by atoms with Crippen LogP contribution < -0.4 is 15.4 Å². The second-order valence-corrected chi connectivity index (χ2v) is 4.87. The van der Waals surface area contributed by atoms with Crippen molar-refractivity contribution in [3.63, 3.8) is 0 Å². The van der Waals surface area contributed by atoms with Gasteiger partial charge in [-0.15, -0.1) is 0 Å². The lowest BCUT2D eigenvalue weighted by Crippen LogP contribution is -2.43. The maximum absolute atomic E-state index is 12.5. The number of anilines is 1. The van der Waals surface area contributed by atoms with Crippen LogP contribution in [0.1, 0.15) is 5.56 Å². The molecule has 0 aliphatic heterocycles. The van der Waals surface area contributed by atoms with Gasteiger partial charge in [0.2, 0.25) is 5.91 Å². The third-order valence-electron chi connectivity index (χ3n) is 3.39. The molecular weight excluding hydrogens is 264 g/mol. The molecule has 21 heavy (non-hydrogen) atoms. The van der Waals surface area contributed by atoms with E-state index in [-0.39, 0.29) is 5.91 Å². The topological polar surface area (TPSA) is 55.6 Å². The van der Waals surface area contributed by atoms with Crippen LogP contribution in [0.5, 0.6) is 5.75 Å². The van der Waals surface area contributed by atoms with Gasteiger partial charge in [-0.1, -0.05) is 42.5 Å². The molecule has 0 spiro atoms. The van der Waals surface area contributed by atoms with Crippen molar-refractivity contribution >= 4 is 11.6 Å². The molecule has 0 aliphatic carbocycles. The van der Waals surface area contributed by atoms with Crippen LogP contribution in [-0.2, 0) is 11.2 Å². The third kappa shape index (κ3) is 3.61. The van der Waals surface area contributed by atoms with E-state index in [1.165, 1.54) is 0 Å². The van der Waals surface area contributed by atoms with E-state index in [2.05, 4.69) is 0 Å². The number of hydrogen-bond acceptors (Lipinski definition) is 3. The Balaban J connectivity index is 2.11. The van der Waals surface area contributed by atoms with Crippen molar-refractivity contribution in [1.29, 1.82) is 0 Å². The van der Waals surface area contributed by atoms with E-state index < -0.39 is 6.04 Å². The van der Waals surface area contributed by atoms with E-state index >= 15 is 0 Å². The summed E-state index contributed by atoms with van der Waals surface area (Å²) in [5, 5.41) is 0. The summed E-state index contributed by atoms with van der Waals surface area (Å²) < 4.78 is 5.28. The highest BCUT2D eigenvalue weighted by Crippen LogP contribution is 2.27. The highest BCUT2D eigenvalue weighted by atomic mass is 16.5. The Morgan fingerprint density at radius 1 is 1.14 bits per heavy atom. The number of hydrogen-bond donors (Lipinski definition) is 1. The summed E-state index contributed by atoms with van der Waals surface area (Å²) in [6, 6.07) is 16.6. The fourth-order valence-electron chi connectivity index (χ4n) is 2.23. The normalized spacial score (nSPS) is 11.8. The van der Waals surface area contributed by atoms with Gasteiger partial charge in [-0.25, -0.2) is 0 Å². The van der Waals surface area contributed by atoms with Crippen LogP contribution in [0.4, 0.5) is 5.69 Å². The molecule has 0 unspecified atom stereocenters. The second-order valence-electron chi connectivity index (χ2n) is 4.87. The van der Waals surface area contributed by atoms with Crippen LogP contribution in [0.2, 0.25) is 0 Å². The first kappa shape index (κ1) is 15.1. The van der Waals surface area contributed by atoms with Gasteiger partial charge >= 0.3 is 0 Å². The lowest BCUT2D eigenvalue weighted by atomic mass is 10.1. The van der Waals surface area contributed by atoms with Crippen LogP contribution in [0.15, 0.2) is 54.6 Å². The Morgan fingerprint density at radius 3 is 2.43 bits per heavy atom. The number of nitrogens with zero attached hydrogens (tertiary/aromatic N) is 1. The average Bonchev–Trinajstić information content (AvgIpc) is 2.54. The van der Waals surface area contributed by atoms with E-state index in [4.69, 9.17) is 10.5 Å². The molecule has 2 N–H and O–H groups in total. The minimum Gasteiger partial charge on any atom is -0.495 e. The fraction of sp³-hybridized carbons (Fsp3) is 0.235. The van der Waals surface area contributed by atoms with Crippen LogP contribution in [0.3, 0.4) is 0 Å². The molecule has 0 saturated carbocycles. The van der Waals surface area contributed by atoms with Gasteiger partial charge < -0.3 is 15.4 Å². The minimum absolute atomic E-state index is 0.136. The Morgan fingerprint density at radius 2 is 1.76 bits per heavy atom. The zero-order valence-electron chi connectivity index (χ0n) is 12.3. The molecule has 0 aliphatic rings. The fourth-order valence-corrected chi connectivity index (χ4v) is 2.23. The van der Waals surface area contributed by atoms with Gasteiger partial charge in [-0.3, -0.25) is 4.79 Å². The molecule has 0 bridgehead atoms. The number of nitrogens with two attached hydrogens (primary N) is 1. The molecule has 1 atom stereocenters. The summed E-state index contributed by atoms with van der Waals surface area (Å²) in [4.78, 5) is 14.0. The summed E-state index contributed by atoms with van der Waals surface area (Å²) >= 11 is 0. The zero-order chi connectivity index (χ0) is 15.2. The first-order valence-corrected chi connectivity index (χ1v) is 6.83. The van der Waals surface area contributed by atoms with E-state index in [0.717, 1.165) is 5.56 Å². The van der Waals surface area contributed by atoms with Crippen molar-refractivity contribution in [2.75, 3.05) is 19.1 Å². The molecule has 0 saturated heterocycles. The molecule has 0 heterocycles. The van der Waals surface area contributed by atoms with Gasteiger partial charge in [-0.2, -0.15) is 0 Å². The lowest BCUT2D eigenvalue weighted by Gasteiger charge is -2.23. The van der Waals surface area contributed by atoms with Crippen molar-refractivity contribution in [2.24, 2.45) is 5.73 Å². The zero-order valence-corrected chi connectivity index (χ0v) is 12.3. The Bertz CT molecular complexity index is 599. The number of methoxy groups -OCH3 is 1. The molecule has 2 aromatic rings. The van der Waals surface area contributed by atoms with Crippen LogP contribution in [-0.4, -0.2) is 26.1 Å². The molecule has 0 aromatic heterocycles. The monoisotopic (exact) mass is 284 g/mol. The quantitative estimate of drug-likeness (QED) is 0.916. The number of likely N-dealkylation sites (N-methyl/N-ethyl adjacent to an activating group) is 1. The average molecular weight is 284 g/mol. The lowest BCUT2D eigenvalue weighted by molar-refractivity contribution is -0.119. The van der Waals surface area contributed by atoms with Crippen molar-refractivity contribution in [3.05, 3.63) is 60.2 Å². The first-order chi connectivity index (χ1) is 10.1. The number of benzene rings is 2. The Kier molecular flexibility index (Phi) is 4.95. The maximum Gasteiger partial charge on any atom is 0.244 e. The van der Waals surface area contributed by atoms with Crippen molar-refractivity contribution in [3.8, 4) is 5.75 Å². The van der Waals surface area contributed by atoms with E-state index in [1.54, 1.807) is 19.1 Å². The number of ether oxygens (including phenoxy) is 1. The maximum atomic E-state index is 12.5. The summed E-state index contributed by atoms with van der Waals surface area (Å²) in [5.74, 6) is 0.517. The molecule has 2 aromatic carbocycles. The number of rotatable bonds is 5.